The van der Waals surface area contributed by atoms with Crippen LogP contribution in [0.1, 0.15) is 66.7 Å². The van der Waals surface area contributed by atoms with Gasteiger partial charge in [0.05, 0.1) is 0 Å². The maximum atomic E-state index is 4.52. The third-order valence-corrected chi connectivity index (χ3v) is 5.97. The highest BCUT2D eigenvalue weighted by Crippen LogP contribution is 2.47. The van der Waals surface area contributed by atoms with Gasteiger partial charge in [0.25, 0.3) is 0 Å². The van der Waals surface area contributed by atoms with E-state index in [0.717, 1.165) is 35.7 Å². The van der Waals surface area contributed by atoms with Gasteiger partial charge in [-0.2, -0.15) is 11.8 Å². The summed E-state index contributed by atoms with van der Waals surface area (Å²) in [6.07, 6.45) is 7.39. The van der Waals surface area contributed by atoms with Crippen LogP contribution in [-0.2, 0) is 12.3 Å². The molecule has 1 N–H and O–H groups in total. The van der Waals surface area contributed by atoms with Crippen LogP contribution < -0.4 is 5.32 Å². The molecular formula is C21H26N2S. The fourth-order valence-corrected chi connectivity index (χ4v) is 4.06. The highest BCUT2D eigenvalue weighted by molar-refractivity contribution is 7.98. The number of pyridine rings is 1. The van der Waals surface area contributed by atoms with Crippen LogP contribution in [0.3, 0.4) is 0 Å². The topological polar surface area (TPSA) is 24.9 Å². The Hall–Kier alpha value is -1.48. The Morgan fingerprint density at radius 3 is 2.42 bits per heavy atom. The van der Waals surface area contributed by atoms with Crippen LogP contribution in [0.4, 0.5) is 5.82 Å². The van der Waals surface area contributed by atoms with Gasteiger partial charge in [0.2, 0.25) is 0 Å². The smallest absolute Gasteiger partial charge is 0.126 e. The van der Waals surface area contributed by atoms with Gasteiger partial charge < -0.3 is 5.32 Å². The highest BCUT2D eigenvalue weighted by atomic mass is 32.2. The molecule has 2 aromatic rings. The Bertz CT molecular complexity index is 674. The first kappa shape index (κ1) is 16.0. The summed E-state index contributed by atoms with van der Waals surface area (Å²) in [5.41, 5.74) is 6.09. The van der Waals surface area contributed by atoms with Crippen molar-refractivity contribution in [2.45, 2.75) is 56.7 Å². The van der Waals surface area contributed by atoms with E-state index < -0.39 is 0 Å². The van der Waals surface area contributed by atoms with Crippen LogP contribution in [0.25, 0.3) is 0 Å². The van der Waals surface area contributed by atoms with Crippen LogP contribution >= 0.6 is 11.8 Å². The van der Waals surface area contributed by atoms with Gasteiger partial charge in [0.1, 0.15) is 5.82 Å². The average Bonchev–Trinajstić information content (AvgIpc) is 3.50. The van der Waals surface area contributed by atoms with Crippen LogP contribution in [0.15, 0.2) is 36.5 Å². The average molecular weight is 339 g/mol. The molecule has 0 aliphatic heterocycles. The van der Waals surface area contributed by atoms with Crippen molar-refractivity contribution in [2.75, 3.05) is 11.1 Å². The second kappa shape index (κ2) is 7.18. The number of anilines is 1. The van der Waals surface area contributed by atoms with E-state index in [1.807, 2.05) is 18.0 Å². The molecule has 0 bridgehead atoms. The summed E-state index contributed by atoms with van der Waals surface area (Å²) in [4.78, 5) is 4.52. The molecule has 0 spiro atoms. The monoisotopic (exact) mass is 338 g/mol. The molecule has 0 unspecified atom stereocenters. The van der Waals surface area contributed by atoms with Crippen molar-refractivity contribution in [1.29, 1.82) is 0 Å². The molecule has 2 aliphatic carbocycles. The lowest BCUT2D eigenvalue weighted by Gasteiger charge is -2.16. The summed E-state index contributed by atoms with van der Waals surface area (Å²) >= 11 is 1.96. The zero-order valence-electron chi connectivity index (χ0n) is 14.4. The third-order valence-electron chi connectivity index (χ3n) is 5.03. The van der Waals surface area contributed by atoms with E-state index >= 15 is 0 Å². The van der Waals surface area contributed by atoms with E-state index in [1.165, 1.54) is 31.2 Å². The van der Waals surface area contributed by atoms with Gasteiger partial charge in [-0.1, -0.05) is 25.1 Å². The van der Waals surface area contributed by atoms with Gasteiger partial charge in [-0.25, -0.2) is 4.98 Å². The predicted octanol–water partition coefficient (Wildman–Crippen LogP) is 5.70. The first-order valence-electron chi connectivity index (χ1n) is 9.23. The molecule has 1 aromatic carbocycles. The quantitative estimate of drug-likeness (QED) is 0.668. The van der Waals surface area contributed by atoms with Crippen molar-refractivity contribution in [3.63, 3.8) is 0 Å². The molecule has 0 amide bonds. The van der Waals surface area contributed by atoms with Crippen LogP contribution in [0, 0.1) is 0 Å². The fraction of sp³-hybridized carbons (Fsp3) is 0.476. The maximum Gasteiger partial charge on any atom is 0.126 e. The number of nitrogens with zero attached hydrogens (tertiary/aromatic N) is 1. The molecule has 0 atom stereocenters. The summed E-state index contributed by atoms with van der Waals surface area (Å²) in [5.74, 6) is 4.85. The molecule has 4 rings (SSSR count). The van der Waals surface area contributed by atoms with Crippen molar-refractivity contribution >= 4 is 17.6 Å². The van der Waals surface area contributed by atoms with Crippen LogP contribution in [0.5, 0.6) is 0 Å². The Kier molecular flexibility index (Phi) is 4.79. The first-order valence-corrected chi connectivity index (χ1v) is 10.4. The molecule has 1 aromatic heterocycles. The van der Waals surface area contributed by atoms with E-state index in [2.05, 4.69) is 47.6 Å². The second-order valence-corrected chi connectivity index (χ2v) is 8.28. The van der Waals surface area contributed by atoms with Gasteiger partial charge in [0.15, 0.2) is 0 Å². The van der Waals surface area contributed by atoms with E-state index in [-0.39, 0.29) is 0 Å². The summed E-state index contributed by atoms with van der Waals surface area (Å²) in [7, 11) is 0. The minimum absolute atomic E-state index is 0.806. The third kappa shape index (κ3) is 3.77. The number of thioether (sulfide) groups is 1. The predicted molar refractivity (Wildman–Crippen MR) is 104 cm³/mol. The first-order chi connectivity index (χ1) is 11.8. The van der Waals surface area contributed by atoms with Crippen LogP contribution in [0.2, 0.25) is 0 Å². The number of benzene rings is 1. The van der Waals surface area contributed by atoms with Gasteiger partial charge in [0, 0.05) is 18.5 Å². The number of rotatable bonds is 8. The fourth-order valence-electron chi connectivity index (χ4n) is 3.44. The van der Waals surface area contributed by atoms with E-state index in [1.54, 1.807) is 16.7 Å². The Labute approximate surface area is 149 Å². The van der Waals surface area contributed by atoms with Gasteiger partial charge in [-0.3, -0.25) is 0 Å². The van der Waals surface area contributed by atoms with Crippen LogP contribution in [-0.4, -0.2) is 10.7 Å². The van der Waals surface area contributed by atoms with Gasteiger partial charge in [-0.05, 0) is 77.7 Å². The Morgan fingerprint density at radius 1 is 1.08 bits per heavy atom. The van der Waals surface area contributed by atoms with Crippen molar-refractivity contribution in [3.8, 4) is 0 Å². The molecule has 0 radical (unpaired) electrons. The summed E-state index contributed by atoms with van der Waals surface area (Å²) in [5, 5.41) is 3.60. The van der Waals surface area contributed by atoms with Crippen molar-refractivity contribution < 1.29 is 0 Å². The minimum Gasteiger partial charge on any atom is -0.366 e. The molecule has 24 heavy (non-hydrogen) atoms. The largest absolute Gasteiger partial charge is 0.366 e. The van der Waals surface area contributed by atoms with Gasteiger partial charge >= 0.3 is 0 Å². The molecule has 3 heteroatoms. The molecule has 2 saturated carbocycles. The zero-order valence-corrected chi connectivity index (χ0v) is 15.2. The number of hydrogen-bond acceptors (Lipinski definition) is 3. The van der Waals surface area contributed by atoms with Crippen molar-refractivity contribution in [1.82, 2.24) is 4.98 Å². The summed E-state index contributed by atoms with van der Waals surface area (Å²) in [6.45, 7) is 3.12. The summed E-state index contributed by atoms with van der Waals surface area (Å²) in [6, 6.07) is 11.3. The SMILES string of the molecule is CCSCc1ccnc(NCc2c(C3CC3)cccc2C2CC2)c1. The van der Waals surface area contributed by atoms with Crippen molar-refractivity contribution in [3.05, 3.63) is 58.8 Å². The summed E-state index contributed by atoms with van der Waals surface area (Å²) < 4.78 is 0. The maximum absolute atomic E-state index is 4.52. The molecule has 2 aliphatic rings. The number of nitrogens with one attached hydrogen (secondary N) is 1. The Balaban J connectivity index is 1.51. The molecule has 1 heterocycles. The zero-order chi connectivity index (χ0) is 16.4. The van der Waals surface area contributed by atoms with Crippen molar-refractivity contribution in [2.24, 2.45) is 0 Å². The number of aromatic nitrogens is 1. The molecule has 2 fully saturated rings. The molecular weight excluding hydrogens is 312 g/mol. The normalized spacial score (nSPS) is 17.0. The molecule has 0 saturated heterocycles. The lowest BCUT2D eigenvalue weighted by Crippen LogP contribution is -2.07. The number of hydrogen-bond donors (Lipinski definition) is 1. The molecule has 126 valence electrons. The standard InChI is InChI=1S/C21H26N2S/c1-2-24-14-15-10-11-22-21(12-15)23-13-20-18(16-6-7-16)4-3-5-19(20)17-8-9-17/h3-5,10-12,16-17H,2,6-9,13-14H2,1H3,(H,22,23). The highest BCUT2D eigenvalue weighted by Gasteiger charge is 2.31. The molecule has 2 nitrogen and oxygen atoms in total. The lowest BCUT2D eigenvalue weighted by atomic mass is 9.95. The lowest BCUT2D eigenvalue weighted by molar-refractivity contribution is 0.969. The van der Waals surface area contributed by atoms with E-state index in [4.69, 9.17) is 0 Å². The minimum atomic E-state index is 0.806. The van der Waals surface area contributed by atoms with Gasteiger partial charge in [-0.15, -0.1) is 0 Å². The van der Waals surface area contributed by atoms with E-state index in [9.17, 15) is 0 Å². The second-order valence-electron chi connectivity index (χ2n) is 7.00. The van der Waals surface area contributed by atoms with E-state index in [0.29, 0.717) is 0 Å². The Morgan fingerprint density at radius 2 is 1.79 bits per heavy atom.